The molecule has 3 aromatic heterocycles. The van der Waals surface area contributed by atoms with Crippen LogP contribution in [0.5, 0.6) is 0 Å². The maximum atomic E-state index is 13.3. The molecule has 5 heteroatoms. The van der Waals surface area contributed by atoms with Gasteiger partial charge < -0.3 is 5.73 Å². The molecule has 1 aromatic carbocycles. The van der Waals surface area contributed by atoms with Gasteiger partial charge in [0.15, 0.2) is 0 Å². The number of benzene rings is 1. The summed E-state index contributed by atoms with van der Waals surface area (Å²) in [4.78, 5) is 9.01. The summed E-state index contributed by atoms with van der Waals surface area (Å²) in [5.41, 5.74) is 8.78. The third-order valence-corrected chi connectivity index (χ3v) is 3.46. The van der Waals surface area contributed by atoms with Crippen molar-refractivity contribution in [3.05, 3.63) is 60.5 Å². The van der Waals surface area contributed by atoms with Crippen LogP contribution in [0.15, 0.2) is 54.7 Å². The second kappa shape index (κ2) is 4.28. The molecule has 0 saturated carbocycles. The Balaban J connectivity index is 1.97. The number of aromatic nitrogens is 3. The molecule has 0 aliphatic rings. The zero-order valence-electron chi connectivity index (χ0n) is 11.0. The van der Waals surface area contributed by atoms with Gasteiger partial charge >= 0.3 is 0 Å². The Kier molecular flexibility index (Phi) is 2.41. The van der Waals surface area contributed by atoms with Crippen LogP contribution in [0.3, 0.4) is 0 Å². The number of nitrogen functional groups attached to an aromatic ring is 1. The van der Waals surface area contributed by atoms with Crippen LogP contribution in [0, 0.1) is 5.82 Å². The lowest BCUT2D eigenvalue weighted by Gasteiger charge is -2.01. The Morgan fingerprint density at radius 1 is 0.952 bits per heavy atom. The molecular formula is C16H11FN4. The van der Waals surface area contributed by atoms with Crippen LogP contribution >= 0.6 is 0 Å². The minimum Gasteiger partial charge on any atom is -0.383 e. The van der Waals surface area contributed by atoms with Crippen molar-refractivity contribution in [2.24, 2.45) is 0 Å². The highest BCUT2D eigenvalue weighted by molar-refractivity contribution is 5.83. The van der Waals surface area contributed by atoms with Gasteiger partial charge in [-0.15, -0.1) is 0 Å². The SMILES string of the molecule is Nc1c(-c2ccc3ccccc3n2)nc2ccc(F)cn12. The number of para-hydroxylation sites is 1. The summed E-state index contributed by atoms with van der Waals surface area (Å²) in [6.45, 7) is 0. The molecule has 4 rings (SSSR count). The van der Waals surface area contributed by atoms with E-state index in [4.69, 9.17) is 5.73 Å². The number of rotatable bonds is 1. The summed E-state index contributed by atoms with van der Waals surface area (Å²) >= 11 is 0. The highest BCUT2D eigenvalue weighted by atomic mass is 19.1. The minimum absolute atomic E-state index is 0.357. The van der Waals surface area contributed by atoms with Crippen LogP contribution < -0.4 is 5.73 Å². The number of nitrogens with two attached hydrogens (primary N) is 1. The zero-order valence-corrected chi connectivity index (χ0v) is 11.0. The first-order valence-corrected chi connectivity index (χ1v) is 6.51. The molecule has 2 N–H and O–H groups in total. The van der Waals surface area contributed by atoms with Gasteiger partial charge in [-0.3, -0.25) is 4.40 Å². The van der Waals surface area contributed by atoms with E-state index in [0.29, 0.717) is 22.9 Å². The number of pyridine rings is 2. The van der Waals surface area contributed by atoms with Crippen LogP contribution in [0.1, 0.15) is 0 Å². The number of imidazole rings is 1. The van der Waals surface area contributed by atoms with E-state index in [0.717, 1.165) is 10.9 Å². The van der Waals surface area contributed by atoms with E-state index in [9.17, 15) is 4.39 Å². The highest BCUT2D eigenvalue weighted by Gasteiger charge is 2.13. The second-order valence-electron chi connectivity index (χ2n) is 4.81. The molecule has 0 spiro atoms. The Morgan fingerprint density at radius 3 is 2.71 bits per heavy atom. The second-order valence-corrected chi connectivity index (χ2v) is 4.81. The lowest BCUT2D eigenvalue weighted by Crippen LogP contribution is -1.95. The maximum Gasteiger partial charge on any atom is 0.140 e. The molecule has 0 aliphatic heterocycles. The quantitative estimate of drug-likeness (QED) is 0.581. The molecule has 0 atom stereocenters. The van der Waals surface area contributed by atoms with Gasteiger partial charge in [0.2, 0.25) is 0 Å². The smallest absolute Gasteiger partial charge is 0.140 e. The van der Waals surface area contributed by atoms with Gasteiger partial charge in [0, 0.05) is 11.6 Å². The number of nitrogens with zero attached hydrogens (tertiary/aromatic N) is 3. The third-order valence-electron chi connectivity index (χ3n) is 3.46. The van der Waals surface area contributed by atoms with E-state index in [1.54, 1.807) is 6.07 Å². The molecule has 0 fully saturated rings. The third kappa shape index (κ3) is 1.82. The Morgan fingerprint density at radius 2 is 1.81 bits per heavy atom. The fourth-order valence-electron chi connectivity index (χ4n) is 2.42. The molecule has 0 saturated heterocycles. The van der Waals surface area contributed by atoms with Crippen molar-refractivity contribution in [2.45, 2.75) is 0 Å². The van der Waals surface area contributed by atoms with Gasteiger partial charge in [0.05, 0.1) is 11.2 Å². The standard InChI is InChI=1S/C16H11FN4/c17-11-6-8-14-20-15(16(18)21(14)9-11)13-7-5-10-3-1-2-4-12(10)19-13/h1-9H,18H2. The lowest BCUT2D eigenvalue weighted by atomic mass is 10.2. The van der Waals surface area contributed by atoms with Gasteiger partial charge in [-0.1, -0.05) is 24.3 Å². The normalized spacial score (nSPS) is 11.3. The van der Waals surface area contributed by atoms with Crippen molar-refractivity contribution in [3.63, 3.8) is 0 Å². The lowest BCUT2D eigenvalue weighted by molar-refractivity contribution is 0.619. The first-order valence-electron chi connectivity index (χ1n) is 6.51. The summed E-state index contributed by atoms with van der Waals surface area (Å²) in [5.74, 6) is 0.0249. The first kappa shape index (κ1) is 11.8. The Labute approximate surface area is 119 Å². The zero-order chi connectivity index (χ0) is 14.4. The number of anilines is 1. The minimum atomic E-state index is -0.357. The average Bonchev–Trinajstić information content (AvgIpc) is 2.84. The predicted octanol–water partition coefficient (Wildman–Crippen LogP) is 3.27. The summed E-state index contributed by atoms with van der Waals surface area (Å²) in [5, 5.41) is 1.05. The molecule has 4 aromatic rings. The van der Waals surface area contributed by atoms with Crippen LogP contribution in [0.2, 0.25) is 0 Å². The molecule has 0 bridgehead atoms. The van der Waals surface area contributed by atoms with E-state index < -0.39 is 0 Å². The molecule has 102 valence electrons. The van der Waals surface area contributed by atoms with Crippen molar-refractivity contribution in [3.8, 4) is 11.4 Å². The monoisotopic (exact) mass is 278 g/mol. The molecule has 0 aliphatic carbocycles. The van der Waals surface area contributed by atoms with Gasteiger partial charge in [0.25, 0.3) is 0 Å². The van der Waals surface area contributed by atoms with Gasteiger partial charge in [-0.05, 0) is 24.3 Å². The summed E-state index contributed by atoms with van der Waals surface area (Å²) in [7, 11) is 0. The van der Waals surface area contributed by atoms with E-state index in [-0.39, 0.29) is 5.82 Å². The molecule has 4 nitrogen and oxygen atoms in total. The Hall–Kier alpha value is -2.95. The number of hydrogen-bond acceptors (Lipinski definition) is 3. The van der Waals surface area contributed by atoms with E-state index in [1.807, 2.05) is 36.4 Å². The Bertz CT molecular complexity index is 975. The number of fused-ring (bicyclic) bond motifs is 2. The number of hydrogen-bond donors (Lipinski definition) is 1. The maximum absolute atomic E-state index is 13.3. The van der Waals surface area contributed by atoms with E-state index in [2.05, 4.69) is 9.97 Å². The topological polar surface area (TPSA) is 56.2 Å². The van der Waals surface area contributed by atoms with Crippen molar-refractivity contribution in [1.82, 2.24) is 14.4 Å². The molecule has 0 amide bonds. The van der Waals surface area contributed by atoms with Crippen LogP contribution in [-0.2, 0) is 0 Å². The largest absolute Gasteiger partial charge is 0.383 e. The summed E-state index contributed by atoms with van der Waals surface area (Å²) in [6, 6.07) is 14.6. The van der Waals surface area contributed by atoms with Crippen LogP contribution in [-0.4, -0.2) is 14.4 Å². The molecule has 0 radical (unpaired) electrons. The van der Waals surface area contributed by atoms with Gasteiger partial charge in [-0.2, -0.15) is 0 Å². The molecular weight excluding hydrogens is 267 g/mol. The van der Waals surface area contributed by atoms with E-state index >= 15 is 0 Å². The van der Waals surface area contributed by atoms with Crippen LogP contribution in [0.4, 0.5) is 10.2 Å². The molecule has 21 heavy (non-hydrogen) atoms. The van der Waals surface area contributed by atoms with Crippen molar-refractivity contribution >= 4 is 22.4 Å². The van der Waals surface area contributed by atoms with Gasteiger partial charge in [-0.25, -0.2) is 14.4 Å². The van der Waals surface area contributed by atoms with E-state index in [1.165, 1.54) is 16.7 Å². The summed E-state index contributed by atoms with van der Waals surface area (Å²) in [6.07, 6.45) is 1.32. The van der Waals surface area contributed by atoms with Crippen molar-refractivity contribution in [1.29, 1.82) is 0 Å². The first-order chi connectivity index (χ1) is 10.2. The van der Waals surface area contributed by atoms with Crippen molar-refractivity contribution < 1.29 is 4.39 Å². The van der Waals surface area contributed by atoms with Gasteiger partial charge in [0.1, 0.15) is 23.0 Å². The fraction of sp³-hybridized carbons (Fsp3) is 0. The van der Waals surface area contributed by atoms with Crippen LogP contribution in [0.25, 0.3) is 27.9 Å². The molecule has 3 heterocycles. The molecule has 0 unspecified atom stereocenters. The summed E-state index contributed by atoms with van der Waals surface area (Å²) < 4.78 is 14.8. The van der Waals surface area contributed by atoms with Crippen molar-refractivity contribution in [2.75, 3.05) is 5.73 Å². The highest BCUT2D eigenvalue weighted by Crippen LogP contribution is 2.26. The fourth-order valence-corrected chi connectivity index (χ4v) is 2.42. The average molecular weight is 278 g/mol. The number of halogens is 1. The predicted molar refractivity (Wildman–Crippen MR) is 80.3 cm³/mol.